The van der Waals surface area contributed by atoms with Crippen molar-refractivity contribution in [2.24, 2.45) is 62.6 Å². The van der Waals surface area contributed by atoms with Crippen LogP contribution in [0, 0.1) is 62.6 Å². The minimum absolute atomic E-state index is 0.0190. The van der Waals surface area contributed by atoms with Gasteiger partial charge >= 0.3 is 11.9 Å². The van der Waals surface area contributed by atoms with Crippen LogP contribution in [-0.2, 0) is 23.9 Å². The van der Waals surface area contributed by atoms with Gasteiger partial charge in [0.25, 0.3) is 5.91 Å². The molecule has 11 heteroatoms. The maximum Gasteiger partial charge on any atom is 0.309 e. The van der Waals surface area contributed by atoms with E-state index < -0.39 is 34.3 Å². The second-order valence-corrected chi connectivity index (χ2v) is 23.1. The molecule has 1 aromatic carbocycles. The summed E-state index contributed by atoms with van der Waals surface area (Å²) in [7, 11) is 0. The lowest BCUT2D eigenvalue weighted by molar-refractivity contribution is -0.235. The van der Waals surface area contributed by atoms with Crippen LogP contribution in [-0.4, -0.2) is 62.0 Å². The Bertz CT molecular complexity index is 2250. The molecule has 11 nitrogen and oxygen atoms in total. The molecule has 1 heterocycles. The summed E-state index contributed by atoms with van der Waals surface area (Å²) in [4.78, 5) is 68.0. The third-order valence-electron chi connectivity index (χ3n) is 19.3. The molecule has 10 atom stereocenters. The summed E-state index contributed by atoms with van der Waals surface area (Å²) in [5.41, 5.74) is 1.11. The fourth-order valence-corrected chi connectivity index (χ4v) is 15.3. The number of carboxylic acid groups (broad SMARTS) is 1. The molecular formula is C51H68N4O7. The van der Waals surface area contributed by atoms with Gasteiger partial charge in [-0.05, 0) is 133 Å². The van der Waals surface area contributed by atoms with Crippen molar-refractivity contribution >= 4 is 29.5 Å². The third kappa shape index (κ3) is 6.08. The zero-order valence-corrected chi connectivity index (χ0v) is 38.3. The number of carbonyl (C=O) groups is 5. The van der Waals surface area contributed by atoms with E-state index in [-0.39, 0.29) is 69.6 Å². The van der Waals surface area contributed by atoms with Crippen LogP contribution in [0.5, 0.6) is 0 Å². The number of esters is 1. The lowest BCUT2D eigenvalue weighted by Gasteiger charge is -2.72. The summed E-state index contributed by atoms with van der Waals surface area (Å²) in [5, 5.41) is 23.5. The largest absolute Gasteiger partial charge is 0.481 e. The minimum atomic E-state index is -1.04. The van der Waals surface area contributed by atoms with E-state index in [9.17, 15) is 29.1 Å². The zero-order chi connectivity index (χ0) is 44.6. The highest BCUT2D eigenvalue weighted by Crippen LogP contribution is 2.76. The van der Waals surface area contributed by atoms with Crippen LogP contribution in [0.25, 0.3) is 11.3 Å². The highest BCUT2D eigenvalue weighted by atomic mass is 16.5. The van der Waals surface area contributed by atoms with Crippen molar-refractivity contribution in [3.63, 3.8) is 0 Å². The van der Waals surface area contributed by atoms with E-state index >= 15 is 0 Å². The van der Waals surface area contributed by atoms with Crippen molar-refractivity contribution in [2.45, 2.75) is 157 Å². The van der Waals surface area contributed by atoms with Gasteiger partial charge in [-0.25, -0.2) is 0 Å². The number of nitrogens with zero attached hydrogens (tertiary/aromatic N) is 1. The van der Waals surface area contributed by atoms with Gasteiger partial charge in [0.1, 0.15) is 17.3 Å². The molecule has 62 heavy (non-hydrogen) atoms. The first-order chi connectivity index (χ1) is 29.0. The van der Waals surface area contributed by atoms with Gasteiger partial charge < -0.3 is 20.5 Å². The molecule has 2 amide bonds. The summed E-state index contributed by atoms with van der Waals surface area (Å²) in [5.74, 6) is -1.53. The molecular weight excluding hydrogens is 781 g/mol. The summed E-state index contributed by atoms with van der Waals surface area (Å²) < 4.78 is 6.43. The molecule has 2 aromatic rings. The Morgan fingerprint density at radius 1 is 0.806 bits per heavy atom. The van der Waals surface area contributed by atoms with Crippen molar-refractivity contribution in [3.05, 3.63) is 53.2 Å². The van der Waals surface area contributed by atoms with E-state index in [0.717, 1.165) is 61.7 Å². The monoisotopic (exact) mass is 849 g/mol. The number of aromatic amines is 1. The number of aliphatic carboxylic acids is 1. The van der Waals surface area contributed by atoms with Crippen LogP contribution in [0.4, 0.5) is 0 Å². The summed E-state index contributed by atoms with van der Waals surface area (Å²) >= 11 is 0. The van der Waals surface area contributed by atoms with E-state index in [2.05, 4.69) is 69.3 Å². The Hall–Kier alpha value is -4.28. The molecule has 7 aliphatic carbocycles. The van der Waals surface area contributed by atoms with Gasteiger partial charge in [0, 0.05) is 17.4 Å². The zero-order valence-electron chi connectivity index (χ0n) is 38.3. The number of hydrogen-bond donors (Lipinski definition) is 4. The van der Waals surface area contributed by atoms with Crippen LogP contribution in [0.1, 0.15) is 150 Å². The molecule has 0 spiro atoms. The maximum atomic E-state index is 14.6. The number of hydrogen-bond acceptors (Lipinski definition) is 7. The number of ether oxygens (including phenoxy) is 1. The van der Waals surface area contributed by atoms with Gasteiger partial charge in [0.2, 0.25) is 5.91 Å². The lowest BCUT2D eigenvalue weighted by atomic mass is 9.33. The molecule has 0 unspecified atom stereocenters. The highest BCUT2D eigenvalue weighted by Gasteiger charge is 2.71. The molecule has 6 fully saturated rings. The molecule has 4 N–H and O–H groups in total. The Kier molecular flexibility index (Phi) is 9.78. The lowest BCUT2D eigenvalue weighted by Crippen LogP contribution is -2.68. The second-order valence-electron chi connectivity index (χ2n) is 23.1. The van der Waals surface area contributed by atoms with Crippen LogP contribution >= 0.6 is 0 Å². The molecule has 0 saturated heterocycles. The Morgan fingerprint density at radius 3 is 2.16 bits per heavy atom. The van der Waals surface area contributed by atoms with E-state index in [1.807, 2.05) is 44.2 Å². The average Bonchev–Trinajstić information content (AvgIpc) is 3.68. The SMILES string of the molecule is CC(C)C1=C2[C@H]3CC[C@@H]4[C@@]5(C)CC[C@H](OC(=O)[C@H]6C[C@@H](C(=O)O)C6(C)C)C(C)(C)[C@@H]5CC[C@@]4(C)[C@]3(C)CC[C@@]2(NC(=O)C2(NC(=O)c3cc(-c4ccccc4)n[nH]3)CC2)CC1=O. The van der Waals surface area contributed by atoms with E-state index in [1.54, 1.807) is 6.07 Å². The maximum absolute atomic E-state index is 14.6. The quantitative estimate of drug-likeness (QED) is 0.182. The van der Waals surface area contributed by atoms with Gasteiger partial charge in [0.05, 0.1) is 23.1 Å². The van der Waals surface area contributed by atoms with Crippen molar-refractivity contribution in [3.8, 4) is 11.3 Å². The fourth-order valence-electron chi connectivity index (χ4n) is 15.3. The first-order valence-corrected chi connectivity index (χ1v) is 23.5. The molecule has 0 aliphatic heterocycles. The third-order valence-corrected chi connectivity index (χ3v) is 19.3. The topological polar surface area (TPSA) is 168 Å². The number of aromatic nitrogens is 2. The molecule has 6 saturated carbocycles. The fraction of sp³-hybridized carbons (Fsp3) is 0.686. The number of allylic oxidation sites excluding steroid dienone is 1. The van der Waals surface area contributed by atoms with Crippen molar-refractivity contribution in [1.29, 1.82) is 0 Å². The number of Topliss-reactive ketones (excluding diaryl/α,β-unsaturated/α-hetero) is 1. The summed E-state index contributed by atoms with van der Waals surface area (Å²) in [6, 6.07) is 11.4. The van der Waals surface area contributed by atoms with Crippen molar-refractivity contribution in [2.75, 3.05) is 0 Å². The summed E-state index contributed by atoms with van der Waals surface area (Å²) in [6.45, 7) is 20.1. The van der Waals surface area contributed by atoms with Crippen LogP contribution in [0.15, 0.2) is 47.5 Å². The number of carboxylic acids is 1. The second kappa shape index (κ2) is 14.1. The number of benzene rings is 1. The molecule has 1 aromatic heterocycles. The Balaban J connectivity index is 0.945. The van der Waals surface area contributed by atoms with Gasteiger partial charge in [-0.3, -0.25) is 29.1 Å². The van der Waals surface area contributed by atoms with Crippen LogP contribution < -0.4 is 10.6 Å². The predicted octanol–water partition coefficient (Wildman–Crippen LogP) is 8.85. The van der Waals surface area contributed by atoms with E-state index in [4.69, 9.17) is 4.74 Å². The number of nitrogens with one attached hydrogen (secondary N) is 3. The first kappa shape index (κ1) is 43.0. The Labute approximate surface area is 366 Å². The smallest absolute Gasteiger partial charge is 0.309 e. The van der Waals surface area contributed by atoms with Crippen LogP contribution in [0.3, 0.4) is 0 Å². The van der Waals surface area contributed by atoms with Crippen molar-refractivity contribution in [1.82, 2.24) is 20.8 Å². The number of H-pyrrole nitrogens is 1. The van der Waals surface area contributed by atoms with Gasteiger partial charge in [-0.1, -0.05) is 92.6 Å². The van der Waals surface area contributed by atoms with Crippen molar-refractivity contribution < 1.29 is 33.8 Å². The van der Waals surface area contributed by atoms with Gasteiger partial charge in [-0.2, -0.15) is 5.10 Å². The number of carbonyl (C=O) groups excluding carboxylic acids is 4. The van der Waals surface area contributed by atoms with E-state index in [0.29, 0.717) is 48.9 Å². The van der Waals surface area contributed by atoms with E-state index in [1.165, 1.54) is 0 Å². The van der Waals surface area contributed by atoms with Crippen LogP contribution in [0.2, 0.25) is 0 Å². The minimum Gasteiger partial charge on any atom is -0.481 e. The van der Waals surface area contributed by atoms with Gasteiger partial charge in [-0.15, -0.1) is 0 Å². The predicted molar refractivity (Wildman–Crippen MR) is 234 cm³/mol. The molecule has 0 radical (unpaired) electrons. The standard InChI is InChI=1S/C51H68N4O7/c1-28(2)39-35(56)27-51(53-44(61)50(23-24-50)52-41(57)34-26-33(54-55-34)29-13-11-10-12-14-29)22-21-48(8)30(40(39)51)15-16-37-47(7)19-18-38(46(5,6)36(47)17-20-49(37,48)9)62-43(60)32-25-31(42(58)59)45(32,3)4/h10-14,26,28,30-32,36-38H,15-25,27H2,1-9H3,(H,52,57)(H,53,61)(H,54,55)(H,58,59)/t30-,31+,32-,36+,37-,38+,47+,48-,49-,51-/m1/s1. The average molecular weight is 849 g/mol. The first-order valence-electron chi connectivity index (χ1n) is 23.5. The molecule has 334 valence electrons. The number of amides is 2. The highest BCUT2D eigenvalue weighted by molar-refractivity contribution is 6.04. The normalized spacial score (nSPS) is 38.4. The molecule has 7 aliphatic rings. The molecule has 0 bridgehead atoms. The number of fused-ring (bicyclic) bond motifs is 7. The molecule has 9 rings (SSSR count). The van der Waals surface area contributed by atoms with Gasteiger partial charge in [0.15, 0.2) is 5.78 Å². The summed E-state index contributed by atoms with van der Waals surface area (Å²) in [6.07, 6.45) is 8.79. The number of ketones is 1. The number of rotatable bonds is 9. The Morgan fingerprint density at radius 2 is 1.52 bits per heavy atom.